The van der Waals surface area contributed by atoms with Gasteiger partial charge in [0.2, 0.25) is 5.91 Å². The number of benzene rings is 2. The molecule has 4 aromatic rings. The fourth-order valence-corrected chi connectivity index (χ4v) is 3.46. The topological polar surface area (TPSA) is 108 Å². The monoisotopic (exact) mass is 451 g/mol. The fraction of sp³-hybridized carbons (Fsp3) is 0.136. The van der Waals surface area contributed by atoms with Gasteiger partial charge in [-0.2, -0.15) is 10.2 Å². The third-order valence-corrected chi connectivity index (χ3v) is 5.04. The molecule has 2 aromatic heterocycles. The van der Waals surface area contributed by atoms with E-state index in [9.17, 15) is 14.4 Å². The predicted octanol–water partition coefficient (Wildman–Crippen LogP) is 2.97. The summed E-state index contributed by atoms with van der Waals surface area (Å²) in [5, 5.41) is 12.4. The number of anilines is 1. The zero-order valence-electron chi connectivity index (χ0n) is 17.2. The van der Waals surface area contributed by atoms with Gasteiger partial charge in [-0.1, -0.05) is 17.7 Å². The van der Waals surface area contributed by atoms with Crippen LogP contribution in [0.3, 0.4) is 0 Å². The van der Waals surface area contributed by atoms with Crippen LogP contribution in [0.4, 0.5) is 5.69 Å². The van der Waals surface area contributed by atoms with Crippen LogP contribution in [-0.2, 0) is 16.1 Å². The van der Waals surface area contributed by atoms with Crippen LogP contribution < -0.4 is 10.9 Å². The Morgan fingerprint density at radius 1 is 1.16 bits per heavy atom. The molecule has 4 rings (SSSR count). The van der Waals surface area contributed by atoms with Crippen LogP contribution in [0.1, 0.15) is 16.1 Å². The summed E-state index contributed by atoms with van der Waals surface area (Å²) in [6, 6.07) is 13.2. The highest BCUT2D eigenvalue weighted by Crippen LogP contribution is 2.20. The maximum atomic E-state index is 13.1. The molecular formula is C22H18ClN5O4. The van der Waals surface area contributed by atoms with E-state index in [2.05, 4.69) is 20.3 Å². The lowest BCUT2D eigenvalue weighted by Gasteiger charge is -2.10. The quantitative estimate of drug-likeness (QED) is 0.467. The lowest BCUT2D eigenvalue weighted by atomic mass is 10.2. The number of hydrogen-bond donors (Lipinski definition) is 1. The zero-order valence-corrected chi connectivity index (χ0v) is 18.0. The number of rotatable bonds is 5. The second kappa shape index (κ2) is 8.64. The molecule has 0 aliphatic rings. The van der Waals surface area contributed by atoms with Crippen LogP contribution in [0.5, 0.6) is 0 Å². The number of carbonyl (C=O) groups excluding carboxylic acids is 2. The van der Waals surface area contributed by atoms with Crippen molar-refractivity contribution in [1.29, 1.82) is 0 Å². The fourth-order valence-electron chi connectivity index (χ4n) is 3.28. The smallest absolute Gasteiger partial charge is 0.337 e. The van der Waals surface area contributed by atoms with Crippen molar-refractivity contribution < 1.29 is 14.3 Å². The second-order valence-corrected chi connectivity index (χ2v) is 7.40. The van der Waals surface area contributed by atoms with Gasteiger partial charge in [-0.05, 0) is 49.4 Å². The van der Waals surface area contributed by atoms with E-state index >= 15 is 0 Å². The van der Waals surface area contributed by atoms with E-state index in [-0.39, 0.29) is 6.54 Å². The molecule has 0 fully saturated rings. The van der Waals surface area contributed by atoms with E-state index in [0.717, 1.165) is 4.68 Å². The van der Waals surface area contributed by atoms with Crippen molar-refractivity contribution >= 4 is 40.1 Å². The number of nitrogens with one attached hydrogen (secondary N) is 1. The lowest BCUT2D eigenvalue weighted by Crippen LogP contribution is -2.31. The molecule has 1 amide bonds. The van der Waals surface area contributed by atoms with Crippen molar-refractivity contribution in [2.24, 2.45) is 0 Å². The third kappa shape index (κ3) is 4.10. The average molecular weight is 452 g/mol. The van der Waals surface area contributed by atoms with E-state index in [1.54, 1.807) is 49.5 Å². The molecule has 9 nitrogen and oxygen atoms in total. The van der Waals surface area contributed by atoms with Gasteiger partial charge in [0.05, 0.1) is 30.3 Å². The van der Waals surface area contributed by atoms with E-state index in [1.165, 1.54) is 23.9 Å². The molecule has 0 aliphatic heterocycles. The number of aryl methyl sites for hydroxylation is 1. The van der Waals surface area contributed by atoms with Crippen molar-refractivity contribution in [2.45, 2.75) is 13.5 Å². The maximum Gasteiger partial charge on any atom is 0.337 e. The number of halogens is 1. The Kier molecular flexibility index (Phi) is 5.74. The third-order valence-electron chi connectivity index (χ3n) is 4.80. The minimum Gasteiger partial charge on any atom is -0.465 e. The maximum absolute atomic E-state index is 13.1. The summed E-state index contributed by atoms with van der Waals surface area (Å²) in [6.45, 7) is 1.45. The Labute approximate surface area is 187 Å². The first-order valence-corrected chi connectivity index (χ1v) is 9.95. The van der Waals surface area contributed by atoms with Crippen molar-refractivity contribution in [3.63, 3.8) is 0 Å². The average Bonchev–Trinajstić information content (AvgIpc) is 3.23. The summed E-state index contributed by atoms with van der Waals surface area (Å²) >= 11 is 6.08. The molecule has 0 spiro atoms. The van der Waals surface area contributed by atoms with Gasteiger partial charge in [-0.3, -0.25) is 9.59 Å². The molecule has 1 N–H and O–H groups in total. The normalized spacial score (nSPS) is 10.8. The first-order chi connectivity index (χ1) is 15.4. The number of methoxy groups -OCH3 is 1. The molecule has 10 heteroatoms. The first kappa shape index (κ1) is 21.3. The van der Waals surface area contributed by atoms with Crippen molar-refractivity contribution in [3.05, 3.63) is 81.4 Å². The first-order valence-electron chi connectivity index (χ1n) is 9.57. The summed E-state index contributed by atoms with van der Waals surface area (Å²) in [5.74, 6) is -0.920. The molecule has 0 saturated heterocycles. The van der Waals surface area contributed by atoms with Crippen LogP contribution in [-0.4, -0.2) is 38.5 Å². The molecule has 0 aliphatic carbocycles. The molecule has 0 unspecified atom stereocenters. The second-order valence-electron chi connectivity index (χ2n) is 6.96. The Balaban J connectivity index is 1.62. The Morgan fingerprint density at radius 3 is 2.59 bits per heavy atom. The standard InChI is InChI=1S/C22H18ClN5O4/c1-13-18-11-24-28(17-5-3-4-15(23)10-17)20(18)21(30)27(26-13)12-19(29)25-16-8-6-14(7-9-16)22(31)32-2/h3-11H,12H2,1-2H3,(H,25,29). The van der Waals surface area contributed by atoms with Gasteiger partial charge < -0.3 is 10.1 Å². The zero-order chi connectivity index (χ0) is 22.8. The highest BCUT2D eigenvalue weighted by molar-refractivity contribution is 6.30. The molecule has 0 bridgehead atoms. The van der Waals surface area contributed by atoms with E-state index in [0.29, 0.717) is 38.6 Å². The summed E-state index contributed by atoms with van der Waals surface area (Å²) < 4.78 is 7.23. The van der Waals surface area contributed by atoms with Crippen LogP contribution in [0, 0.1) is 6.92 Å². The lowest BCUT2D eigenvalue weighted by molar-refractivity contribution is -0.117. The molecule has 0 atom stereocenters. The molecular weight excluding hydrogens is 434 g/mol. The van der Waals surface area contributed by atoms with E-state index in [1.807, 2.05) is 0 Å². The van der Waals surface area contributed by atoms with Crippen molar-refractivity contribution in [1.82, 2.24) is 19.6 Å². The van der Waals surface area contributed by atoms with Crippen molar-refractivity contribution in [2.75, 3.05) is 12.4 Å². The number of aromatic nitrogens is 4. The van der Waals surface area contributed by atoms with Gasteiger partial charge in [0, 0.05) is 16.1 Å². The Morgan fingerprint density at radius 2 is 1.91 bits per heavy atom. The van der Waals surface area contributed by atoms with Crippen LogP contribution in [0.25, 0.3) is 16.6 Å². The number of hydrogen-bond acceptors (Lipinski definition) is 6. The van der Waals surface area contributed by atoms with Gasteiger partial charge in [0.25, 0.3) is 5.56 Å². The highest BCUT2D eigenvalue weighted by Gasteiger charge is 2.17. The summed E-state index contributed by atoms with van der Waals surface area (Å²) in [6.07, 6.45) is 1.56. The summed E-state index contributed by atoms with van der Waals surface area (Å²) in [7, 11) is 1.29. The van der Waals surface area contributed by atoms with Gasteiger partial charge in [0.1, 0.15) is 12.1 Å². The summed E-state index contributed by atoms with van der Waals surface area (Å²) in [5.41, 5.74) is 1.85. The van der Waals surface area contributed by atoms with Gasteiger partial charge in [0.15, 0.2) is 0 Å². The van der Waals surface area contributed by atoms with Gasteiger partial charge in [-0.25, -0.2) is 14.2 Å². The number of carbonyl (C=O) groups is 2. The SMILES string of the molecule is COC(=O)c1ccc(NC(=O)Cn2nc(C)c3cnn(-c4cccc(Cl)c4)c3c2=O)cc1. The van der Waals surface area contributed by atoms with Gasteiger partial charge in [-0.15, -0.1) is 0 Å². The molecule has 32 heavy (non-hydrogen) atoms. The van der Waals surface area contributed by atoms with Crippen LogP contribution in [0.15, 0.2) is 59.5 Å². The number of ether oxygens (including phenoxy) is 1. The highest BCUT2D eigenvalue weighted by atomic mass is 35.5. The molecule has 2 aromatic carbocycles. The number of esters is 1. The van der Waals surface area contributed by atoms with E-state index in [4.69, 9.17) is 11.6 Å². The van der Waals surface area contributed by atoms with Crippen LogP contribution >= 0.6 is 11.6 Å². The summed E-state index contributed by atoms with van der Waals surface area (Å²) in [4.78, 5) is 37.2. The number of amides is 1. The Hall–Kier alpha value is -3.98. The minimum absolute atomic E-state index is 0.297. The van der Waals surface area contributed by atoms with E-state index < -0.39 is 17.4 Å². The van der Waals surface area contributed by atoms with Crippen LogP contribution in [0.2, 0.25) is 5.02 Å². The number of fused-ring (bicyclic) bond motifs is 1. The predicted molar refractivity (Wildman–Crippen MR) is 119 cm³/mol. The number of nitrogens with zero attached hydrogens (tertiary/aromatic N) is 4. The molecule has 0 radical (unpaired) electrons. The minimum atomic E-state index is -0.473. The molecule has 0 saturated carbocycles. The molecule has 2 heterocycles. The van der Waals surface area contributed by atoms with Gasteiger partial charge >= 0.3 is 5.97 Å². The molecule has 162 valence electrons. The largest absolute Gasteiger partial charge is 0.465 e. The van der Waals surface area contributed by atoms with Crippen molar-refractivity contribution in [3.8, 4) is 5.69 Å². The Bertz CT molecular complexity index is 1390.